The fourth-order valence-electron chi connectivity index (χ4n) is 1.33. The minimum atomic E-state index is 0.504. The van der Waals surface area contributed by atoms with Crippen molar-refractivity contribution in [3.8, 4) is 5.75 Å². The highest BCUT2D eigenvalue weighted by atomic mass is 35.5. The zero-order valence-corrected chi connectivity index (χ0v) is 10.8. The molecule has 0 bridgehead atoms. The van der Waals surface area contributed by atoms with Gasteiger partial charge < -0.3 is 9.64 Å². The summed E-state index contributed by atoms with van der Waals surface area (Å²) in [6.07, 6.45) is 0. The van der Waals surface area contributed by atoms with Gasteiger partial charge in [0.25, 0.3) is 0 Å². The first-order valence-corrected chi connectivity index (χ1v) is 6.32. The first kappa shape index (κ1) is 11.5. The number of benzene rings is 1. The number of alkyl halides is 1. The summed E-state index contributed by atoms with van der Waals surface area (Å²) in [5.74, 6) is 1.35. The lowest BCUT2D eigenvalue weighted by Gasteiger charge is -2.04. The number of aromatic nitrogens is 1. The van der Waals surface area contributed by atoms with Gasteiger partial charge in [-0.25, -0.2) is 4.98 Å². The lowest BCUT2D eigenvalue weighted by Crippen LogP contribution is -2.07. The van der Waals surface area contributed by atoms with Crippen molar-refractivity contribution in [3.05, 3.63) is 18.2 Å². The minimum Gasteiger partial charge on any atom is -0.492 e. The Balaban J connectivity index is 2.30. The third kappa shape index (κ3) is 2.39. The van der Waals surface area contributed by atoms with Gasteiger partial charge in [0.1, 0.15) is 12.4 Å². The molecular formula is C11H13ClN2OS. The Morgan fingerprint density at radius 1 is 1.44 bits per heavy atom. The predicted octanol–water partition coefficient (Wildman–Crippen LogP) is 2.98. The van der Waals surface area contributed by atoms with E-state index in [1.54, 1.807) is 11.3 Å². The third-order valence-corrected chi connectivity index (χ3v) is 3.42. The molecule has 5 heteroatoms. The van der Waals surface area contributed by atoms with E-state index in [4.69, 9.17) is 16.3 Å². The molecule has 0 aliphatic carbocycles. The molecule has 86 valence electrons. The number of halogens is 1. The van der Waals surface area contributed by atoms with Gasteiger partial charge in [0, 0.05) is 14.1 Å². The topological polar surface area (TPSA) is 25.4 Å². The van der Waals surface area contributed by atoms with E-state index in [1.165, 1.54) is 0 Å². The van der Waals surface area contributed by atoms with E-state index < -0.39 is 0 Å². The molecule has 1 aromatic heterocycles. The molecule has 0 atom stereocenters. The van der Waals surface area contributed by atoms with E-state index in [-0.39, 0.29) is 0 Å². The Morgan fingerprint density at radius 3 is 2.94 bits per heavy atom. The van der Waals surface area contributed by atoms with E-state index in [9.17, 15) is 0 Å². The van der Waals surface area contributed by atoms with Gasteiger partial charge in [-0.1, -0.05) is 11.3 Å². The molecule has 0 amide bonds. The van der Waals surface area contributed by atoms with Gasteiger partial charge in [-0.15, -0.1) is 11.6 Å². The van der Waals surface area contributed by atoms with Gasteiger partial charge in [0.15, 0.2) is 5.13 Å². The van der Waals surface area contributed by atoms with Crippen molar-refractivity contribution in [2.24, 2.45) is 0 Å². The molecule has 16 heavy (non-hydrogen) atoms. The van der Waals surface area contributed by atoms with Crippen LogP contribution in [0.1, 0.15) is 0 Å². The van der Waals surface area contributed by atoms with Crippen LogP contribution in [-0.4, -0.2) is 31.6 Å². The molecule has 0 aliphatic heterocycles. The zero-order valence-electron chi connectivity index (χ0n) is 9.24. The van der Waals surface area contributed by atoms with Gasteiger partial charge in [-0.2, -0.15) is 0 Å². The third-order valence-electron chi connectivity index (χ3n) is 2.08. The van der Waals surface area contributed by atoms with Crippen molar-refractivity contribution in [1.29, 1.82) is 0 Å². The average Bonchev–Trinajstić information content (AvgIpc) is 2.69. The van der Waals surface area contributed by atoms with Crippen molar-refractivity contribution in [2.45, 2.75) is 0 Å². The molecule has 2 rings (SSSR count). The number of nitrogens with zero attached hydrogens (tertiary/aromatic N) is 2. The van der Waals surface area contributed by atoms with E-state index in [2.05, 4.69) is 4.98 Å². The predicted molar refractivity (Wildman–Crippen MR) is 70.2 cm³/mol. The zero-order chi connectivity index (χ0) is 11.5. The van der Waals surface area contributed by atoms with Crippen LogP contribution >= 0.6 is 22.9 Å². The number of anilines is 1. The lowest BCUT2D eigenvalue weighted by atomic mass is 10.3. The van der Waals surface area contributed by atoms with Gasteiger partial charge >= 0.3 is 0 Å². The fraction of sp³-hybridized carbons (Fsp3) is 0.364. The molecule has 0 aliphatic rings. The normalized spacial score (nSPS) is 10.7. The second kappa shape index (κ2) is 4.89. The molecule has 0 unspecified atom stereocenters. The second-order valence-corrected chi connectivity index (χ2v) is 4.94. The molecule has 0 N–H and O–H groups in total. The number of rotatable bonds is 4. The maximum absolute atomic E-state index is 5.57. The molecule has 0 fully saturated rings. The number of fused-ring (bicyclic) bond motifs is 1. The summed E-state index contributed by atoms with van der Waals surface area (Å²) in [7, 11) is 3.98. The van der Waals surface area contributed by atoms with Gasteiger partial charge in [0.2, 0.25) is 0 Å². The summed E-state index contributed by atoms with van der Waals surface area (Å²) in [5.41, 5.74) is 1.01. The van der Waals surface area contributed by atoms with Crippen molar-refractivity contribution >= 4 is 38.3 Å². The van der Waals surface area contributed by atoms with Crippen molar-refractivity contribution in [1.82, 2.24) is 4.98 Å². The van der Waals surface area contributed by atoms with Crippen LogP contribution in [-0.2, 0) is 0 Å². The average molecular weight is 257 g/mol. The van der Waals surface area contributed by atoms with Crippen LogP contribution in [0.25, 0.3) is 10.2 Å². The van der Waals surface area contributed by atoms with Gasteiger partial charge in [-0.05, 0) is 18.2 Å². The quantitative estimate of drug-likeness (QED) is 0.787. The molecular weight excluding hydrogens is 244 g/mol. The molecule has 0 saturated heterocycles. The standard InChI is InChI=1S/C11H13ClN2OS/c1-14(2)11-13-9-4-3-8(15-6-5-12)7-10(9)16-11/h3-4,7H,5-6H2,1-2H3. The smallest absolute Gasteiger partial charge is 0.185 e. The Morgan fingerprint density at radius 2 is 2.25 bits per heavy atom. The van der Waals surface area contributed by atoms with Crippen LogP contribution in [0.2, 0.25) is 0 Å². The molecule has 3 nitrogen and oxygen atoms in total. The molecule has 0 saturated carbocycles. The van der Waals surface area contributed by atoms with Crippen LogP contribution in [0.3, 0.4) is 0 Å². The molecule has 1 aromatic carbocycles. The summed E-state index contributed by atoms with van der Waals surface area (Å²) >= 11 is 7.23. The van der Waals surface area contributed by atoms with E-state index in [0.29, 0.717) is 12.5 Å². The highest BCUT2D eigenvalue weighted by Crippen LogP contribution is 2.30. The molecule has 2 aromatic rings. The van der Waals surface area contributed by atoms with E-state index >= 15 is 0 Å². The van der Waals surface area contributed by atoms with E-state index in [1.807, 2.05) is 37.2 Å². The number of hydrogen-bond acceptors (Lipinski definition) is 4. The first-order chi connectivity index (χ1) is 7.70. The summed E-state index contributed by atoms with van der Waals surface area (Å²) in [6.45, 7) is 0.534. The van der Waals surface area contributed by atoms with Crippen LogP contribution in [0, 0.1) is 0 Å². The summed E-state index contributed by atoms with van der Waals surface area (Å²) in [6, 6.07) is 5.91. The van der Waals surface area contributed by atoms with Crippen molar-refractivity contribution in [2.75, 3.05) is 31.5 Å². The maximum Gasteiger partial charge on any atom is 0.185 e. The van der Waals surface area contributed by atoms with Crippen LogP contribution in [0.5, 0.6) is 5.75 Å². The molecule has 0 radical (unpaired) electrons. The SMILES string of the molecule is CN(C)c1nc2ccc(OCCCl)cc2s1. The Kier molecular flexibility index (Phi) is 3.51. The number of thiazole rings is 1. The minimum absolute atomic E-state index is 0.504. The highest BCUT2D eigenvalue weighted by Gasteiger charge is 2.06. The van der Waals surface area contributed by atoms with Crippen LogP contribution < -0.4 is 9.64 Å². The van der Waals surface area contributed by atoms with Gasteiger partial charge in [-0.3, -0.25) is 0 Å². The maximum atomic E-state index is 5.57. The Labute approximate surface area is 104 Å². The van der Waals surface area contributed by atoms with E-state index in [0.717, 1.165) is 21.1 Å². The van der Waals surface area contributed by atoms with Crippen molar-refractivity contribution < 1.29 is 4.74 Å². The highest BCUT2D eigenvalue weighted by molar-refractivity contribution is 7.22. The monoisotopic (exact) mass is 256 g/mol. The molecule has 0 spiro atoms. The molecule has 1 heterocycles. The second-order valence-electron chi connectivity index (χ2n) is 3.56. The lowest BCUT2D eigenvalue weighted by molar-refractivity contribution is 0.343. The van der Waals surface area contributed by atoms with Gasteiger partial charge in [0.05, 0.1) is 16.1 Å². The number of ether oxygens (including phenoxy) is 1. The Hall–Kier alpha value is -1.000. The van der Waals surface area contributed by atoms with Crippen LogP contribution in [0.15, 0.2) is 18.2 Å². The Bertz CT molecular complexity index is 484. The number of hydrogen-bond donors (Lipinski definition) is 0. The first-order valence-electron chi connectivity index (χ1n) is 4.97. The fourth-order valence-corrected chi connectivity index (χ4v) is 2.32. The van der Waals surface area contributed by atoms with Crippen molar-refractivity contribution in [3.63, 3.8) is 0 Å². The summed E-state index contributed by atoms with van der Waals surface area (Å²) in [4.78, 5) is 6.50. The van der Waals surface area contributed by atoms with Crippen LogP contribution in [0.4, 0.5) is 5.13 Å². The summed E-state index contributed by atoms with van der Waals surface area (Å²) < 4.78 is 6.60. The summed E-state index contributed by atoms with van der Waals surface area (Å²) in [5, 5.41) is 1.00. The largest absolute Gasteiger partial charge is 0.492 e.